The Morgan fingerprint density at radius 2 is 2.20 bits per heavy atom. The molecule has 0 bridgehead atoms. The molecule has 1 saturated carbocycles. The highest BCUT2D eigenvalue weighted by Gasteiger charge is 2.33. The van der Waals surface area contributed by atoms with Crippen molar-refractivity contribution in [3.8, 4) is 17.0 Å². The molecule has 1 aromatic heterocycles. The molecular formula is C16H18N2OS. The van der Waals surface area contributed by atoms with Crippen LogP contribution in [0, 0.1) is 5.92 Å². The highest BCUT2D eigenvalue weighted by Crippen LogP contribution is 2.44. The fraction of sp³-hybridized carbons (Fsp3) is 0.438. The number of nitrogens with two attached hydrogens (primary N) is 1. The van der Waals surface area contributed by atoms with Crippen LogP contribution in [0.3, 0.4) is 0 Å². The molecule has 1 aromatic carbocycles. The lowest BCUT2D eigenvalue weighted by Gasteiger charge is -2.15. The fourth-order valence-electron chi connectivity index (χ4n) is 2.93. The second-order valence-corrected chi connectivity index (χ2v) is 6.83. The molecule has 2 aliphatic rings. The Kier molecular flexibility index (Phi) is 2.82. The third-order valence-corrected chi connectivity index (χ3v) is 5.53. The van der Waals surface area contributed by atoms with Gasteiger partial charge in [0.25, 0.3) is 0 Å². The predicted molar refractivity (Wildman–Crippen MR) is 81.2 cm³/mol. The Hall–Kier alpha value is -1.39. The van der Waals surface area contributed by atoms with E-state index in [4.69, 9.17) is 15.5 Å². The molecule has 1 fully saturated rings. The molecule has 1 heterocycles. The summed E-state index contributed by atoms with van der Waals surface area (Å²) in [6.45, 7) is 0. The molecule has 4 heteroatoms. The van der Waals surface area contributed by atoms with Crippen LogP contribution in [-0.4, -0.2) is 12.1 Å². The van der Waals surface area contributed by atoms with Crippen LogP contribution in [0.15, 0.2) is 18.2 Å². The van der Waals surface area contributed by atoms with E-state index in [0.29, 0.717) is 5.92 Å². The van der Waals surface area contributed by atoms with Crippen molar-refractivity contribution < 1.29 is 4.74 Å². The lowest BCUT2D eigenvalue weighted by Crippen LogP contribution is -2.11. The van der Waals surface area contributed by atoms with E-state index in [1.54, 1.807) is 7.11 Å². The molecule has 0 saturated heterocycles. The maximum Gasteiger partial charge on any atom is 0.119 e. The normalized spacial score (nSPS) is 18.3. The quantitative estimate of drug-likeness (QED) is 0.941. The highest BCUT2D eigenvalue weighted by molar-refractivity contribution is 7.12. The van der Waals surface area contributed by atoms with Crippen LogP contribution in [0.1, 0.15) is 34.3 Å². The summed E-state index contributed by atoms with van der Waals surface area (Å²) in [6.07, 6.45) is 4.67. The van der Waals surface area contributed by atoms with E-state index in [0.717, 1.165) is 29.3 Å². The summed E-state index contributed by atoms with van der Waals surface area (Å²) in [5, 5.41) is 1.13. The maximum atomic E-state index is 6.31. The van der Waals surface area contributed by atoms with Crippen LogP contribution in [0.4, 0.5) is 0 Å². The number of aryl methyl sites for hydroxylation is 2. The second kappa shape index (κ2) is 4.57. The highest BCUT2D eigenvalue weighted by atomic mass is 32.1. The van der Waals surface area contributed by atoms with Crippen LogP contribution >= 0.6 is 11.3 Å². The largest absolute Gasteiger partial charge is 0.497 e. The molecule has 2 aliphatic carbocycles. The molecule has 0 spiro atoms. The lowest BCUT2D eigenvalue weighted by molar-refractivity contribution is 0.414. The minimum atomic E-state index is 0.146. The van der Waals surface area contributed by atoms with Gasteiger partial charge in [-0.25, -0.2) is 4.98 Å². The molecule has 20 heavy (non-hydrogen) atoms. The summed E-state index contributed by atoms with van der Waals surface area (Å²) in [5.41, 5.74) is 10.1. The van der Waals surface area contributed by atoms with E-state index < -0.39 is 0 Å². The molecule has 1 atom stereocenters. The summed E-state index contributed by atoms with van der Waals surface area (Å²) in [6, 6.07) is 6.44. The van der Waals surface area contributed by atoms with Gasteiger partial charge in [-0.05, 0) is 55.4 Å². The first-order chi connectivity index (χ1) is 9.76. The van der Waals surface area contributed by atoms with E-state index in [2.05, 4.69) is 12.1 Å². The minimum Gasteiger partial charge on any atom is -0.497 e. The third kappa shape index (κ3) is 1.95. The summed E-state index contributed by atoms with van der Waals surface area (Å²) < 4.78 is 5.31. The maximum absolute atomic E-state index is 6.31. The van der Waals surface area contributed by atoms with Gasteiger partial charge >= 0.3 is 0 Å². The zero-order chi connectivity index (χ0) is 13.7. The van der Waals surface area contributed by atoms with E-state index in [-0.39, 0.29) is 6.04 Å². The van der Waals surface area contributed by atoms with Crippen LogP contribution in [0.5, 0.6) is 5.75 Å². The van der Waals surface area contributed by atoms with E-state index in [9.17, 15) is 0 Å². The van der Waals surface area contributed by atoms with Crippen molar-refractivity contribution >= 4 is 11.3 Å². The van der Waals surface area contributed by atoms with Gasteiger partial charge in [0, 0.05) is 10.4 Å². The summed E-state index contributed by atoms with van der Waals surface area (Å²) in [4.78, 5) is 6.26. The molecule has 0 amide bonds. The van der Waals surface area contributed by atoms with E-state index >= 15 is 0 Å². The molecule has 2 N–H and O–H groups in total. The molecule has 104 valence electrons. The zero-order valence-corrected chi connectivity index (χ0v) is 12.4. The molecular weight excluding hydrogens is 268 g/mol. The average molecular weight is 286 g/mol. The monoisotopic (exact) mass is 286 g/mol. The Bertz CT molecular complexity index is 660. The first-order valence-corrected chi connectivity index (χ1v) is 8.00. The summed E-state index contributed by atoms with van der Waals surface area (Å²) in [5.74, 6) is 1.59. The van der Waals surface area contributed by atoms with E-state index in [1.165, 1.54) is 28.8 Å². The smallest absolute Gasteiger partial charge is 0.119 e. The van der Waals surface area contributed by atoms with Gasteiger partial charge in [-0.3, -0.25) is 0 Å². The van der Waals surface area contributed by atoms with Crippen molar-refractivity contribution in [2.75, 3.05) is 7.11 Å². The molecule has 0 radical (unpaired) electrons. The van der Waals surface area contributed by atoms with Crippen molar-refractivity contribution in [1.29, 1.82) is 0 Å². The minimum absolute atomic E-state index is 0.146. The van der Waals surface area contributed by atoms with Crippen molar-refractivity contribution in [3.63, 3.8) is 0 Å². The molecule has 0 aliphatic heterocycles. The summed E-state index contributed by atoms with van der Waals surface area (Å²) in [7, 11) is 1.71. The number of rotatable bonds is 3. The number of methoxy groups -OCH3 is 1. The predicted octanol–water partition coefficient (Wildman–Crippen LogP) is 3.33. The summed E-state index contributed by atoms with van der Waals surface area (Å²) >= 11 is 1.82. The average Bonchev–Trinajstić information content (AvgIpc) is 3.24. The number of benzene rings is 1. The number of thiazole rings is 1. The number of fused-ring (bicyclic) bond motifs is 3. The van der Waals surface area contributed by atoms with E-state index in [1.807, 2.05) is 17.4 Å². The Morgan fingerprint density at radius 1 is 1.35 bits per heavy atom. The molecule has 4 rings (SSSR count). The standard InChI is InChI=1S/C16H18N2OS/c1-19-11-5-6-12-10(8-11)4-7-13-15(12)18-16(20-13)14(17)9-2-3-9/h5-6,8-9,14H,2-4,7,17H2,1H3. The number of nitrogens with zero attached hydrogens (tertiary/aromatic N) is 1. The van der Waals surface area contributed by atoms with Gasteiger partial charge in [-0.2, -0.15) is 0 Å². The van der Waals surface area contributed by atoms with Gasteiger partial charge in [-0.15, -0.1) is 11.3 Å². The van der Waals surface area contributed by atoms with Crippen LogP contribution in [0.2, 0.25) is 0 Å². The number of hydrogen-bond acceptors (Lipinski definition) is 4. The SMILES string of the molecule is COc1ccc2c(c1)CCc1sc(C(N)C3CC3)nc1-2. The van der Waals surface area contributed by atoms with Crippen molar-refractivity contribution in [2.45, 2.75) is 31.7 Å². The van der Waals surface area contributed by atoms with Gasteiger partial charge in [0.2, 0.25) is 0 Å². The Labute approximate surface area is 122 Å². The van der Waals surface area contributed by atoms with Gasteiger partial charge in [0.1, 0.15) is 10.8 Å². The van der Waals surface area contributed by atoms with Gasteiger partial charge < -0.3 is 10.5 Å². The van der Waals surface area contributed by atoms with Crippen LogP contribution in [0.25, 0.3) is 11.3 Å². The van der Waals surface area contributed by atoms with Gasteiger partial charge in [0.15, 0.2) is 0 Å². The van der Waals surface area contributed by atoms with Crippen LogP contribution in [-0.2, 0) is 12.8 Å². The fourth-order valence-corrected chi connectivity index (χ4v) is 4.11. The second-order valence-electron chi connectivity index (χ2n) is 5.71. The van der Waals surface area contributed by atoms with Gasteiger partial charge in [-0.1, -0.05) is 0 Å². The van der Waals surface area contributed by atoms with Crippen molar-refractivity contribution in [2.24, 2.45) is 11.7 Å². The number of aromatic nitrogens is 1. The Morgan fingerprint density at radius 3 is 2.95 bits per heavy atom. The topological polar surface area (TPSA) is 48.1 Å². The molecule has 1 unspecified atom stereocenters. The first kappa shape index (κ1) is 12.4. The van der Waals surface area contributed by atoms with Crippen molar-refractivity contribution in [1.82, 2.24) is 4.98 Å². The van der Waals surface area contributed by atoms with Gasteiger partial charge in [0.05, 0.1) is 18.8 Å². The third-order valence-electron chi connectivity index (χ3n) is 4.32. The number of hydrogen-bond donors (Lipinski definition) is 1. The molecule has 3 nitrogen and oxygen atoms in total. The molecule has 2 aromatic rings. The Balaban J connectivity index is 1.75. The van der Waals surface area contributed by atoms with Crippen molar-refractivity contribution in [3.05, 3.63) is 33.6 Å². The number of ether oxygens (including phenoxy) is 1. The zero-order valence-electron chi connectivity index (χ0n) is 11.6. The van der Waals surface area contributed by atoms with Crippen LogP contribution < -0.4 is 10.5 Å². The first-order valence-electron chi connectivity index (χ1n) is 7.18. The lowest BCUT2D eigenvalue weighted by atomic mass is 9.93.